The van der Waals surface area contributed by atoms with Crippen molar-refractivity contribution in [2.75, 3.05) is 0 Å². The second-order valence-corrected chi connectivity index (χ2v) is 7.25. The summed E-state index contributed by atoms with van der Waals surface area (Å²) in [7, 11) is 0. The summed E-state index contributed by atoms with van der Waals surface area (Å²) < 4.78 is 109. The van der Waals surface area contributed by atoms with Crippen LogP contribution in [0.15, 0.2) is 24.3 Å². The standard InChI is InChI=1S/C21H18F8O2/c1-4-11-7-13(19(31,20(24,25)26)21(27,28)29)5-6-14(11)17-15(22)8-12(9-30)18(23)16(17)10(2)3/h5-10,31H,4H2,1-3H3. The Morgan fingerprint density at radius 2 is 1.55 bits per heavy atom. The number of rotatable bonds is 5. The number of carbonyl (C=O) groups excluding carboxylic acids is 1. The third-order valence-corrected chi connectivity index (χ3v) is 4.98. The van der Waals surface area contributed by atoms with Crippen molar-refractivity contribution in [2.24, 2.45) is 0 Å². The van der Waals surface area contributed by atoms with Crippen LogP contribution >= 0.6 is 0 Å². The van der Waals surface area contributed by atoms with E-state index in [4.69, 9.17) is 0 Å². The summed E-state index contributed by atoms with van der Waals surface area (Å²) in [6.07, 6.45) is -12.2. The Hall–Kier alpha value is -2.49. The van der Waals surface area contributed by atoms with Gasteiger partial charge in [0.05, 0.1) is 5.56 Å². The van der Waals surface area contributed by atoms with Crippen LogP contribution in [0.25, 0.3) is 11.1 Å². The fraction of sp³-hybridized carbons (Fsp3) is 0.381. The maximum Gasteiger partial charge on any atom is 0.430 e. The smallest absolute Gasteiger partial charge is 0.369 e. The molecule has 0 spiro atoms. The van der Waals surface area contributed by atoms with Crippen LogP contribution in [-0.4, -0.2) is 23.7 Å². The largest absolute Gasteiger partial charge is 0.430 e. The normalized spacial score (nSPS) is 13.1. The predicted molar refractivity (Wildman–Crippen MR) is 96.7 cm³/mol. The van der Waals surface area contributed by atoms with Gasteiger partial charge in [-0.15, -0.1) is 0 Å². The van der Waals surface area contributed by atoms with E-state index in [1.54, 1.807) is 0 Å². The molecule has 0 aliphatic heterocycles. The van der Waals surface area contributed by atoms with Crippen LogP contribution in [0.1, 0.15) is 53.7 Å². The number of aliphatic hydroxyl groups is 1. The molecule has 0 heterocycles. The molecule has 0 saturated carbocycles. The lowest BCUT2D eigenvalue weighted by molar-refractivity contribution is -0.376. The lowest BCUT2D eigenvalue weighted by Gasteiger charge is -2.33. The van der Waals surface area contributed by atoms with Crippen molar-refractivity contribution >= 4 is 6.29 Å². The molecule has 0 fully saturated rings. The van der Waals surface area contributed by atoms with Crippen LogP contribution in [-0.2, 0) is 12.0 Å². The summed E-state index contributed by atoms with van der Waals surface area (Å²) in [5, 5.41) is 9.62. The molecule has 2 aromatic carbocycles. The molecule has 0 aliphatic carbocycles. The van der Waals surface area contributed by atoms with Crippen molar-refractivity contribution in [2.45, 2.75) is 51.1 Å². The van der Waals surface area contributed by atoms with Gasteiger partial charge in [0.15, 0.2) is 6.29 Å². The first kappa shape index (κ1) is 24.8. The van der Waals surface area contributed by atoms with Crippen molar-refractivity contribution in [1.82, 2.24) is 0 Å². The molecule has 0 unspecified atom stereocenters. The van der Waals surface area contributed by atoms with Crippen molar-refractivity contribution in [3.8, 4) is 11.1 Å². The average molecular weight is 454 g/mol. The minimum absolute atomic E-state index is 0.102. The highest BCUT2D eigenvalue weighted by molar-refractivity contribution is 5.81. The average Bonchev–Trinajstić information content (AvgIpc) is 2.65. The molecule has 0 amide bonds. The lowest BCUT2D eigenvalue weighted by atomic mass is 9.84. The van der Waals surface area contributed by atoms with E-state index in [0.717, 1.165) is 6.07 Å². The van der Waals surface area contributed by atoms with Crippen LogP contribution in [0, 0.1) is 11.6 Å². The zero-order chi connectivity index (χ0) is 23.9. The summed E-state index contributed by atoms with van der Waals surface area (Å²) in [6, 6.07) is 2.25. The first-order chi connectivity index (χ1) is 14.1. The van der Waals surface area contributed by atoms with Gasteiger partial charge in [-0.3, -0.25) is 4.79 Å². The Balaban J connectivity index is 2.88. The third-order valence-electron chi connectivity index (χ3n) is 4.98. The van der Waals surface area contributed by atoms with E-state index in [0.29, 0.717) is 18.2 Å². The molecule has 2 aromatic rings. The van der Waals surface area contributed by atoms with Crippen molar-refractivity contribution in [3.63, 3.8) is 0 Å². The van der Waals surface area contributed by atoms with E-state index < -0.39 is 46.6 Å². The van der Waals surface area contributed by atoms with Gasteiger partial charge < -0.3 is 5.11 Å². The van der Waals surface area contributed by atoms with Gasteiger partial charge >= 0.3 is 12.4 Å². The number of alkyl halides is 6. The highest BCUT2D eigenvalue weighted by atomic mass is 19.4. The fourth-order valence-corrected chi connectivity index (χ4v) is 3.41. The number of aryl methyl sites for hydroxylation is 1. The Kier molecular flexibility index (Phi) is 6.57. The number of benzene rings is 2. The van der Waals surface area contributed by atoms with E-state index in [1.807, 2.05) is 0 Å². The SMILES string of the molecule is CCc1cc(C(O)(C(F)(F)F)C(F)(F)F)ccc1-c1c(F)cc(C=O)c(F)c1C(C)C. The topological polar surface area (TPSA) is 37.3 Å². The van der Waals surface area contributed by atoms with Gasteiger partial charge in [0.1, 0.15) is 11.6 Å². The lowest BCUT2D eigenvalue weighted by Crippen LogP contribution is -2.53. The highest BCUT2D eigenvalue weighted by Gasteiger charge is 2.71. The van der Waals surface area contributed by atoms with Gasteiger partial charge in [-0.1, -0.05) is 39.0 Å². The second kappa shape index (κ2) is 8.22. The highest BCUT2D eigenvalue weighted by Crippen LogP contribution is 2.51. The second-order valence-electron chi connectivity index (χ2n) is 7.25. The molecule has 2 rings (SSSR count). The first-order valence-electron chi connectivity index (χ1n) is 9.08. The molecule has 170 valence electrons. The van der Waals surface area contributed by atoms with Gasteiger partial charge in [-0.2, -0.15) is 26.3 Å². The Labute approximate surface area is 172 Å². The number of halogens is 8. The summed E-state index contributed by atoms with van der Waals surface area (Å²) in [5.41, 5.74) is -8.14. The molecule has 31 heavy (non-hydrogen) atoms. The molecular weight excluding hydrogens is 436 g/mol. The van der Waals surface area contributed by atoms with Crippen LogP contribution in [0.4, 0.5) is 35.1 Å². The van der Waals surface area contributed by atoms with E-state index in [-0.39, 0.29) is 35.0 Å². The summed E-state index contributed by atoms with van der Waals surface area (Å²) in [5.74, 6) is -2.76. The molecule has 0 saturated heterocycles. The zero-order valence-corrected chi connectivity index (χ0v) is 16.6. The van der Waals surface area contributed by atoms with Crippen molar-refractivity contribution in [1.29, 1.82) is 0 Å². The molecule has 0 radical (unpaired) electrons. The summed E-state index contributed by atoms with van der Waals surface area (Å²) >= 11 is 0. The number of hydrogen-bond donors (Lipinski definition) is 1. The molecule has 0 aliphatic rings. The van der Waals surface area contributed by atoms with Gasteiger partial charge in [-0.05, 0) is 29.5 Å². The van der Waals surface area contributed by atoms with Crippen LogP contribution in [0.3, 0.4) is 0 Å². The number of hydrogen-bond acceptors (Lipinski definition) is 2. The summed E-state index contributed by atoms with van der Waals surface area (Å²) in [4.78, 5) is 11.0. The Bertz CT molecular complexity index is 976. The van der Waals surface area contributed by atoms with E-state index >= 15 is 0 Å². The van der Waals surface area contributed by atoms with Gasteiger partial charge in [-0.25, -0.2) is 8.78 Å². The molecule has 0 bridgehead atoms. The predicted octanol–water partition coefficient (Wildman–Crippen LogP) is 6.44. The van der Waals surface area contributed by atoms with Gasteiger partial charge in [0.25, 0.3) is 5.60 Å². The van der Waals surface area contributed by atoms with Gasteiger partial charge in [0.2, 0.25) is 0 Å². The zero-order valence-electron chi connectivity index (χ0n) is 16.6. The first-order valence-corrected chi connectivity index (χ1v) is 9.08. The van der Waals surface area contributed by atoms with Crippen LogP contribution in [0.5, 0.6) is 0 Å². The van der Waals surface area contributed by atoms with E-state index in [9.17, 15) is 45.0 Å². The van der Waals surface area contributed by atoms with Crippen molar-refractivity contribution in [3.05, 3.63) is 58.2 Å². The molecule has 2 nitrogen and oxygen atoms in total. The monoisotopic (exact) mass is 454 g/mol. The van der Waals surface area contributed by atoms with Crippen LogP contribution in [0.2, 0.25) is 0 Å². The summed E-state index contributed by atoms with van der Waals surface area (Å²) in [6.45, 7) is 4.37. The van der Waals surface area contributed by atoms with Crippen LogP contribution < -0.4 is 0 Å². The minimum atomic E-state index is -6.08. The number of carbonyl (C=O) groups is 1. The molecule has 0 atom stereocenters. The molecule has 1 N–H and O–H groups in total. The minimum Gasteiger partial charge on any atom is -0.369 e. The number of aldehydes is 1. The maximum atomic E-state index is 14.8. The fourth-order valence-electron chi connectivity index (χ4n) is 3.41. The molecule has 0 aromatic heterocycles. The van der Waals surface area contributed by atoms with Crippen molar-refractivity contribution < 1.29 is 45.0 Å². The Morgan fingerprint density at radius 3 is 1.97 bits per heavy atom. The quantitative estimate of drug-likeness (QED) is 0.417. The third kappa shape index (κ3) is 4.05. The molecule has 10 heteroatoms. The van der Waals surface area contributed by atoms with Gasteiger partial charge in [0, 0.05) is 16.7 Å². The molecular formula is C21H18F8O2. The Morgan fingerprint density at radius 1 is 1.00 bits per heavy atom. The van der Waals surface area contributed by atoms with E-state index in [2.05, 4.69) is 0 Å². The maximum absolute atomic E-state index is 14.8. The van der Waals surface area contributed by atoms with E-state index in [1.165, 1.54) is 20.8 Å².